The van der Waals surface area contributed by atoms with Crippen molar-refractivity contribution in [3.8, 4) is 5.75 Å². The molecule has 1 saturated heterocycles. The lowest BCUT2D eigenvalue weighted by molar-refractivity contribution is -0.000354. The summed E-state index contributed by atoms with van der Waals surface area (Å²) >= 11 is 0. The number of rotatable bonds is 7. The third-order valence-electron chi connectivity index (χ3n) is 9.37. The molecule has 5 nitrogen and oxygen atoms in total. The Bertz CT molecular complexity index is 1020. The molecule has 0 N–H and O–H groups in total. The Morgan fingerprint density at radius 2 is 1.57 bits per heavy atom. The molecule has 0 unspecified atom stereocenters. The van der Waals surface area contributed by atoms with Crippen LogP contribution >= 0.6 is 0 Å². The Hall–Kier alpha value is -2.53. The van der Waals surface area contributed by atoms with E-state index in [1.54, 1.807) is 7.11 Å². The van der Waals surface area contributed by atoms with E-state index in [1.165, 1.54) is 24.8 Å². The number of hydrogen-bond donors (Lipinski definition) is 0. The minimum absolute atomic E-state index is 0.0327. The first kappa shape index (κ1) is 24.2. The van der Waals surface area contributed by atoms with Crippen LogP contribution < -0.4 is 4.74 Å². The summed E-state index contributed by atoms with van der Waals surface area (Å²) in [5, 5.41) is 0. The van der Waals surface area contributed by atoms with Gasteiger partial charge in [-0.25, -0.2) is 4.79 Å². The summed E-state index contributed by atoms with van der Waals surface area (Å²) in [4.78, 5) is 20.7. The molecule has 35 heavy (non-hydrogen) atoms. The summed E-state index contributed by atoms with van der Waals surface area (Å²) in [6, 6.07) is 19.4. The monoisotopic (exact) mass is 475 g/mol. The molecule has 3 fully saturated rings. The summed E-state index contributed by atoms with van der Waals surface area (Å²) in [6.45, 7) is 4.76. The average Bonchev–Trinajstić information content (AvgIpc) is 3.09. The quantitative estimate of drug-likeness (QED) is 0.501. The number of nitrogens with zero attached hydrogens (tertiary/aromatic N) is 3. The van der Waals surface area contributed by atoms with Crippen LogP contribution in [-0.4, -0.2) is 60.6 Å². The van der Waals surface area contributed by atoms with Gasteiger partial charge in [-0.1, -0.05) is 55.8 Å². The minimum Gasteiger partial charge on any atom is -0.497 e. The lowest BCUT2D eigenvalue weighted by Gasteiger charge is -2.53. The van der Waals surface area contributed by atoms with Crippen molar-refractivity contribution in [1.82, 2.24) is 14.7 Å². The first-order chi connectivity index (χ1) is 16.8. The molecule has 2 aromatic carbocycles. The van der Waals surface area contributed by atoms with E-state index in [0.29, 0.717) is 6.54 Å². The fraction of sp³-hybridized carbons (Fsp3) is 0.567. The van der Waals surface area contributed by atoms with Crippen molar-refractivity contribution in [1.29, 1.82) is 0 Å². The molecule has 0 radical (unpaired) electrons. The summed E-state index contributed by atoms with van der Waals surface area (Å²) in [6.07, 6.45) is 7.98. The molecule has 3 aliphatic rings. The van der Waals surface area contributed by atoms with E-state index in [0.717, 1.165) is 50.1 Å². The maximum Gasteiger partial charge on any atom is 0.320 e. The smallest absolute Gasteiger partial charge is 0.320 e. The first-order valence-corrected chi connectivity index (χ1v) is 13.2. The molecule has 2 amide bonds. The van der Waals surface area contributed by atoms with Gasteiger partial charge in [0.1, 0.15) is 5.75 Å². The minimum atomic E-state index is -0.0730. The molecule has 5 heteroatoms. The van der Waals surface area contributed by atoms with E-state index in [4.69, 9.17) is 4.74 Å². The van der Waals surface area contributed by atoms with Crippen LogP contribution in [0.1, 0.15) is 63.0 Å². The lowest BCUT2D eigenvalue weighted by atomic mass is 9.66. The van der Waals surface area contributed by atoms with Crippen molar-refractivity contribution < 1.29 is 9.53 Å². The van der Waals surface area contributed by atoms with Gasteiger partial charge in [0.25, 0.3) is 0 Å². The number of ether oxygens (including phenoxy) is 1. The molecule has 0 bridgehead atoms. The predicted molar refractivity (Wildman–Crippen MR) is 140 cm³/mol. The Kier molecular flexibility index (Phi) is 6.33. The van der Waals surface area contributed by atoms with Crippen LogP contribution in [0.25, 0.3) is 0 Å². The van der Waals surface area contributed by atoms with Gasteiger partial charge in [0.2, 0.25) is 0 Å². The second-order valence-corrected chi connectivity index (χ2v) is 11.8. The number of amides is 2. The second-order valence-electron chi connectivity index (χ2n) is 11.8. The van der Waals surface area contributed by atoms with Gasteiger partial charge in [0.05, 0.1) is 12.6 Å². The van der Waals surface area contributed by atoms with Crippen LogP contribution in [-0.2, 0) is 12.1 Å². The molecule has 2 aliphatic carbocycles. The Balaban J connectivity index is 1.40. The number of hydrogen-bond acceptors (Lipinski definition) is 3. The van der Waals surface area contributed by atoms with E-state index in [-0.39, 0.29) is 22.5 Å². The molecule has 1 heterocycles. The molecule has 1 aliphatic heterocycles. The summed E-state index contributed by atoms with van der Waals surface area (Å²) < 4.78 is 5.32. The van der Waals surface area contributed by atoms with E-state index in [1.807, 2.05) is 12.1 Å². The van der Waals surface area contributed by atoms with Gasteiger partial charge >= 0.3 is 6.03 Å². The van der Waals surface area contributed by atoms with E-state index >= 15 is 0 Å². The molecule has 0 aromatic heterocycles. The predicted octanol–water partition coefficient (Wildman–Crippen LogP) is 5.89. The zero-order valence-electron chi connectivity index (χ0n) is 21.9. The first-order valence-electron chi connectivity index (χ1n) is 13.2. The van der Waals surface area contributed by atoms with E-state index in [2.05, 4.69) is 78.2 Å². The number of carbonyl (C=O) groups excluding carboxylic acids is 1. The van der Waals surface area contributed by atoms with Crippen LogP contribution in [0.2, 0.25) is 0 Å². The van der Waals surface area contributed by atoms with Crippen LogP contribution in [0.3, 0.4) is 0 Å². The second kappa shape index (κ2) is 9.16. The molecular weight excluding hydrogens is 434 g/mol. The largest absolute Gasteiger partial charge is 0.497 e. The van der Waals surface area contributed by atoms with Crippen LogP contribution in [0.4, 0.5) is 4.79 Å². The highest BCUT2D eigenvalue weighted by Gasteiger charge is 2.55. The summed E-state index contributed by atoms with van der Waals surface area (Å²) in [7, 11) is 6.12. The number of methoxy groups -OCH3 is 1. The Morgan fingerprint density at radius 3 is 2.11 bits per heavy atom. The topological polar surface area (TPSA) is 36.0 Å². The highest BCUT2D eigenvalue weighted by Crippen LogP contribution is 2.51. The van der Waals surface area contributed by atoms with E-state index < -0.39 is 0 Å². The number of carbonyl (C=O) groups is 1. The Labute approximate surface area is 211 Å². The zero-order valence-corrected chi connectivity index (χ0v) is 21.9. The molecule has 2 aromatic rings. The average molecular weight is 476 g/mol. The molecule has 188 valence electrons. The van der Waals surface area contributed by atoms with Gasteiger partial charge in [0.15, 0.2) is 0 Å². The SMILES string of the molecule is COc1ccc(CN2CC3(CCC(c4ccccc4)(N(C)C)CC3)N(CC3(C)CCC3)C2=O)cc1. The van der Waals surface area contributed by atoms with Gasteiger partial charge < -0.3 is 14.5 Å². The fourth-order valence-electron chi connectivity index (χ4n) is 6.81. The van der Waals surface area contributed by atoms with Crippen LogP contribution in [0.15, 0.2) is 54.6 Å². The van der Waals surface area contributed by atoms with Crippen molar-refractivity contribution in [2.24, 2.45) is 5.41 Å². The third-order valence-corrected chi connectivity index (χ3v) is 9.37. The van der Waals surface area contributed by atoms with Gasteiger partial charge in [-0.2, -0.15) is 0 Å². The molecule has 5 rings (SSSR count). The summed E-state index contributed by atoms with van der Waals surface area (Å²) in [5.41, 5.74) is 2.79. The van der Waals surface area contributed by atoms with Crippen molar-refractivity contribution in [3.05, 3.63) is 65.7 Å². The zero-order chi connectivity index (χ0) is 24.7. The lowest BCUT2D eigenvalue weighted by Crippen LogP contribution is -2.57. The Morgan fingerprint density at radius 1 is 0.914 bits per heavy atom. The number of benzene rings is 2. The highest BCUT2D eigenvalue weighted by atomic mass is 16.5. The molecule has 0 atom stereocenters. The summed E-state index contributed by atoms with van der Waals surface area (Å²) in [5.74, 6) is 0.853. The van der Waals surface area contributed by atoms with Crippen LogP contribution in [0, 0.1) is 5.41 Å². The molecule has 1 spiro atoms. The van der Waals surface area contributed by atoms with Gasteiger partial charge in [-0.05, 0) is 81.3 Å². The number of urea groups is 1. The van der Waals surface area contributed by atoms with Gasteiger partial charge in [-0.15, -0.1) is 0 Å². The standard InChI is InChI=1S/C30H41N3O2/c1-28(15-8-16-28)22-33-27(34)32(21-24-11-13-26(35-4)14-12-24)23-29(33)17-19-30(20-18-29,31(2)3)25-9-6-5-7-10-25/h5-7,9-14H,8,15-23H2,1-4H3. The van der Waals surface area contributed by atoms with Crippen molar-refractivity contribution in [3.63, 3.8) is 0 Å². The van der Waals surface area contributed by atoms with Crippen LogP contribution in [0.5, 0.6) is 5.75 Å². The molecular formula is C30H41N3O2. The van der Waals surface area contributed by atoms with Crippen molar-refractivity contribution in [2.45, 2.75) is 69.5 Å². The van der Waals surface area contributed by atoms with Crippen molar-refractivity contribution >= 4 is 6.03 Å². The fourth-order valence-corrected chi connectivity index (χ4v) is 6.81. The highest BCUT2D eigenvalue weighted by molar-refractivity contribution is 5.78. The maximum absolute atomic E-state index is 13.9. The van der Waals surface area contributed by atoms with E-state index in [9.17, 15) is 4.79 Å². The van der Waals surface area contributed by atoms with Crippen molar-refractivity contribution in [2.75, 3.05) is 34.3 Å². The van der Waals surface area contributed by atoms with Gasteiger partial charge in [0, 0.05) is 25.2 Å². The normalized spacial score (nSPS) is 28.0. The molecule has 2 saturated carbocycles. The maximum atomic E-state index is 13.9. The third kappa shape index (κ3) is 4.33. The van der Waals surface area contributed by atoms with Gasteiger partial charge in [-0.3, -0.25) is 4.90 Å².